The number of benzene rings is 2. The van der Waals surface area contributed by atoms with Crippen molar-refractivity contribution in [2.24, 2.45) is 33.5 Å². The second-order valence-electron chi connectivity index (χ2n) is 15.4. The number of aliphatic hydroxyl groups excluding tert-OH is 1. The van der Waals surface area contributed by atoms with E-state index in [0.717, 1.165) is 58.0 Å². The van der Waals surface area contributed by atoms with E-state index < -0.39 is 33.8 Å². The number of Topliss-reactive ketones (excluding diaryl/α,β-unsaturated/α-hetero) is 1. The molecule has 2 spiro atoms. The molecule has 9 heteroatoms. The smallest absolute Gasteiger partial charge is 0.164 e. The van der Waals surface area contributed by atoms with Gasteiger partial charge in [-0.3, -0.25) is 4.79 Å². The molecule has 0 aliphatic heterocycles. The quantitative estimate of drug-likeness (QED) is 0.180. The number of allylic oxidation sites excluding steroid dienone is 4. The summed E-state index contributed by atoms with van der Waals surface area (Å²) >= 11 is 9.71. The molecule has 8 atom stereocenters. The molecule has 0 saturated heterocycles. The molecule has 8 unspecified atom stereocenters. The van der Waals surface area contributed by atoms with Crippen LogP contribution in [0, 0.1) is 39.3 Å². The number of thiazole rings is 1. The number of hydrogen-bond donors (Lipinski definition) is 2. The van der Waals surface area contributed by atoms with Crippen molar-refractivity contribution in [3.05, 3.63) is 76.6 Å². The summed E-state index contributed by atoms with van der Waals surface area (Å²) in [6.45, 7) is 7.20. The summed E-state index contributed by atoms with van der Waals surface area (Å²) in [4.78, 5) is 19.5. The fourth-order valence-corrected chi connectivity index (χ4v) is 13.6. The van der Waals surface area contributed by atoms with Crippen molar-refractivity contribution in [1.82, 2.24) is 4.98 Å². The first kappa shape index (κ1) is 32.9. The number of nitrogens with zero attached hydrogens (tertiary/aromatic N) is 1. The van der Waals surface area contributed by atoms with Crippen LogP contribution in [0.2, 0.25) is 5.02 Å². The fourth-order valence-electron chi connectivity index (χ4n) is 11.0. The van der Waals surface area contributed by atoms with Gasteiger partial charge in [0.2, 0.25) is 0 Å². The molecule has 2 aromatic carbocycles. The first-order chi connectivity index (χ1) is 22.9. The topological polar surface area (TPSA) is 79.7 Å². The van der Waals surface area contributed by atoms with Crippen molar-refractivity contribution in [3.8, 4) is 5.75 Å². The van der Waals surface area contributed by atoms with E-state index in [9.17, 15) is 15.0 Å². The largest absolute Gasteiger partial charge is 0.494 e. The van der Waals surface area contributed by atoms with Crippen molar-refractivity contribution < 1.29 is 24.1 Å². The van der Waals surface area contributed by atoms with Gasteiger partial charge in [0.05, 0.1) is 28.5 Å². The van der Waals surface area contributed by atoms with Crippen LogP contribution in [0.4, 0.5) is 4.39 Å². The first-order valence-corrected chi connectivity index (χ1v) is 19.5. The molecule has 3 saturated carbocycles. The third kappa shape index (κ3) is 4.54. The van der Waals surface area contributed by atoms with Crippen LogP contribution < -0.4 is 4.74 Å². The van der Waals surface area contributed by atoms with Crippen molar-refractivity contribution in [2.45, 2.75) is 88.2 Å². The molecule has 1 heterocycles. The predicted octanol–water partition coefficient (Wildman–Crippen LogP) is 8.98. The Hall–Kier alpha value is -2.23. The Bertz CT molecular complexity index is 1860. The fraction of sp³-hybridized carbons (Fsp3) is 0.538. The monoisotopic (exact) mass is 707 g/mol. The molecule has 0 amide bonds. The maximum Gasteiger partial charge on any atom is 0.164 e. The molecule has 1 aromatic heterocycles. The second kappa shape index (κ2) is 11.4. The highest BCUT2D eigenvalue weighted by molar-refractivity contribution is 8.01. The number of rotatable bonds is 8. The Morgan fingerprint density at radius 1 is 1.10 bits per heavy atom. The summed E-state index contributed by atoms with van der Waals surface area (Å²) in [5.41, 5.74) is -0.646. The number of fused-ring (bicyclic) bond motifs is 2. The molecule has 0 radical (unpaired) electrons. The normalized spacial score (nSPS) is 38.0. The van der Waals surface area contributed by atoms with Gasteiger partial charge in [-0.25, -0.2) is 9.37 Å². The van der Waals surface area contributed by atoms with Gasteiger partial charge in [-0.2, -0.15) is 0 Å². The maximum absolute atomic E-state index is 15.1. The zero-order valence-electron chi connectivity index (χ0n) is 27.7. The van der Waals surface area contributed by atoms with Gasteiger partial charge in [0, 0.05) is 44.6 Å². The number of carbonyl (C=O) groups excluding carboxylic acids is 1. The Labute approximate surface area is 295 Å². The summed E-state index contributed by atoms with van der Waals surface area (Å²) < 4.78 is 22.7. The molecule has 254 valence electrons. The summed E-state index contributed by atoms with van der Waals surface area (Å²) in [5, 5.41) is 23.9. The van der Waals surface area contributed by atoms with Crippen LogP contribution in [0.15, 0.2) is 64.5 Å². The molecule has 9 rings (SSSR count). The minimum Gasteiger partial charge on any atom is -0.494 e. The van der Waals surface area contributed by atoms with E-state index in [2.05, 4.69) is 32.1 Å². The molecule has 6 aliphatic rings. The second-order valence-corrected chi connectivity index (χ2v) is 18.1. The van der Waals surface area contributed by atoms with Gasteiger partial charge < -0.3 is 14.9 Å². The molecule has 48 heavy (non-hydrogen) atoms. The molecule has 6 aliphatic carbocycles. The third-order valence-electron chi connectivity index (χ3n) is 13.5. The average Bonchev–Trinajstić information content (AvgIpc) is 3.59. The van der Waals surface area contributed by atoms with E-state index in [-0.39, 0.29) is 40.0 Å². The summed E-state index contributed by atoms with van der Waals surface area (Å²) in [6.07, 6.45) is 11.6. The zero-order chi connectivity index (χ0) is 33.7. The lowest BCUT2D eigenvalue weighted by Crippen LogP contribution is -2.67. The number of thioether (sulfide) groups is 1. The van der Waals surface area contributed by atoms with E-state index in [1.165, 1.54) is 6.07 Å². The summed E-state index contributed by atoms with van der Waals surface area (Å²) in [6, 6.07) is 10.5. The highest BCUT2D eigenvalue weighted by atomic mass is 35.5. The number of halogens is 2. The van der Waals surface area contributed by atoms with Gasteiger partial charge >= 0.3 is 0 Å². The summed E-state index contributed by atoms with van der Waals surface area (Å²) in [5.74, 6) is 0.992. The number of aliphatic hydroxyl groups is 2. The SMILES string of the molecule is CCOc1ccc2nc(SCC3(O)CCC4C56C=CC7(C=C5C(=O)Cc5c(F)cccc5Cl)CC(O)CCC7(C)C6CCC43C)sc2c1. The van der Waals surface area contributed by atoms with Crippen LogP contribution in [0.5, 0.6) is 5.75 Å². The van der Waals surface area contributed by atoms with Crippen LogP contribution in [0.25, 0.3) is 10.2 Å². The van der Waals surface area contributed by atoms with Crippen molar-refractivity contribution in [2.75, 3.05) is 12.4 Å². The number of hydrogen-bond acceptors (Lipinski definition) is 7. The Morgan fingerprint density at radius 2 is 1.88 bits per heavy atom. The lowest BCUT2D eigenvalue weighted by atomic mass is 9.32. The van der Waals surface area contributed by atoms with Crippen LogP contribution >= 0.6 is 34.7 Å². The van der Waals surface area contributed by atoms with Gasteiger partial charge in [0.1, 0.15) is 11.6 Å². The first-order valence-electron chi connectivity index (χ1n) is 17.3. The maximum atomic E-state index is 15.1. The standard InChI is InChI=1S/C39H43ClFNO4S2/c1-4-46-24-8-9-29-31(18-24)48-34(42-29)47-22-38(45)15-12-33-36(38,3)14-11-32-35(2)13-10-23(43)20-37(35)16-17-39(32,33)26(21-37)30(44)19-25-27(40)6-5-7-28(25)41/h5-9,16-18,21,23,32-33,43,45H,4,10-15,19-20,22H2,1-3H3. The molecular formula is C39H43ClFNO4S2. The van der Waals surface area contributed by atoms with Crippen LogP contribution in [0.3, 0.4) is 0 Å². The molecule has 3 fully saturated rings. The molecular weight excluding hydrogens is 665 g/mol. The number of ether oxygens (including phenoxy) is 1. The van der Waals surface area contributed by atoms with E-state index >= 15 is 4.39 Å². The minimum absolute atomic E-state index is 0.0305. The Balaban J connectivity index is 1.16. The van der Waals surface area contributed by atoms with E-state index in [4.69, 9.17) is 21.3 Å². The minimum atomic E-state index is -0.955. The van der Waals surface area contributed by atoms with Gasteiger partial charge in [0.25, 0.3) is 0 Å². The van der Waals surface area contributed by atoms with Crippen LogP contribution in [-0.4, -0.2) is 45.0 Å². The highest BCUT2D eigenvalue weighted by Crippen LogP contribution is 2.78. The average molecular weight is 708 g/mol. The number of ketones is 1. The van der Waals surface area contributed by atoms with E-state index in [1.54, 1.807) is 35.2 Å². The third-order valence-corrected chi connectivity index (χ3v) is 16.2. The number of carbonyl (C=O) groups is 1. The Morgan fingerprint density at radius 3 is 2.67 bits per heavy atom. The van der Waals surface area contributed by atoms with Crippen molar-refractivity contribution in [3.63, 3.8) is 0 Å². The van der Waals surface area contributed by atoms with Gasteiger partial charge in [-0.15, -0.1) is 11.3 Å². The van der Waals surface area contributed by atoms with E-state index in [0.29, 0.717) is 25.2 Å². The molecule has 3 aromatic rings. The predicted molar refractivity (Wildman–Crippen MR) is 190 cm³/mol. The number of aromatic nitrogens is 1. The lowest BCUT2D eigenvalue weighted by molar-refractivity contribution is -0.170. The van der Waals surface area contributed by atoms with Gasteiger partial charge in [-0.1, -0.05) is 61.5 Å². The molecule has 2 bridgehead atoms. The lowest BCUT2D eigenvalue weighted by Gasteiger charge is -2.71. The van der Waals surface area contributed by atoms with Gasteiger partial charge in [0.15, 0.2) is 10.1 Å². The Kier molecular flexibility index (Phi) is 7.82. The molecule has 5 nitrogen and oxygen atoms in total. The van der Waals surface area contributed by atoms with E-state index in [1.807, 2.05) is 25.1 Å². The summed E-state index contributed by atoms with van der Waals surface area (Å²) in [7, 11) is 0. The van der Waals surface area contributed by atoms with Crippen LogP contribution in [-0.2, 0) is 11.2 Å². The highest BCUT2D eigenvalue weighted by Gasteiger charge is 2.74. The van der Waals surface area contributed by atoms with Crippen LogP contribution in [0.1, 0.15) is 71.3 Å². The molecule has 2 N–H and O–H groups in total. The zero-order valence-corrected chi connectivity index (χ0v) is 30.1. The van der Waals surface area contributed by atoms with Crippen molar-refractivity contribution in [1.29, 1.82) is 0 Å². The van der Waals surface area contributed by atoms with Crippen molar-refractivity contribution >= 4 is 50.7 Å². The van der Waals surface area contributed by atoms with Gasteiger partial charge in [-0.05, 0) is 99.5 Å².